The van der Waals surface area contributed by atoms with Crippen molar-refractivity contribution < 1.29 is 9.32 Å². The zero-order chi connectivity index (χ0) is 22.2. The zero-order valence-electron chi connectivity index (χ0n) is 17.8. The van der Waals surface area contributed by atoms with Gasteiger partial charge in [-0.2, -0.15) is 4.98 Å². The molecule has 0 spiro atoms. The van der Waals surface area contributed by atoms with Crippen LogP contribution in [0.2, 0.25) is 0 Å². The lowest BCUT2D eigenvalue weighted by Crippen LogP contribution is -2.41. The molecule has 1 aliphatic heterocycles. The number of H-pyrrole nitrogens is 1. The van der Waals surface area contributed by atoms with E-state index in [-0.39, 0.29) is 11.9 Å². The monoisotopic (exact) mass is 439 g/mol. The number of likely N-dealkylation sites (tertiary alicyclic amines) is 1. The summed E-state index contributed by atoms with van der Waals surface area (Å²) < 4.78 is 7.20. The number of benzene rings is 2. The normalized spacial score (nSPS) is 16.4. The molecule has 33 heavy (non-hydrogen) atoms. The Morgan fingerprint density at radius 2 is 1.94 bits per heavy atom. The molecule has 0 aliphatic carbocycles. The third kappa shape index (κ3) is 3.67. The van der Waals surface area contributed by atoms with E-state index in [0.717, 1.165) is 35.9 Å². The van der Waals surface area contributed by atoms with E-state index in [1.165, 1.54) is 0 Å². The van der Waals surface area contributed by atoms with Gasteiger partial charge in [-0.3, -0.25) is 4.79 Å². The molecular weight excluding hydrogens is 418 g/mol. The minimum Gasteiger partial charge on any atom is -0.351 e. The van der Waals surface area contributed by atoms with Gasteiger partial charge in [-0.1, -0.05) is 58.9 Å². The molecule has 9 nitrogen and oxygen atoms in total. The van der Waals surface area contributed by atoms with Gasteiger partial charge >= 0.3 is 0 Å². The largest absolute Gasteiger partial charge is 0.351 e. The molecule has 6 rings (SSSR count). The van der Waals surface area contributed by atoms with Crippen LogP contribution < -0.4 is 0 Å². The predicted octanol–water partition coefficient (Wildman–Crippen LogP) is 3.95. The number of amides is 1. The third-order valence-electron chi connectivity index (χ3n) is 6.01. The average Bonchev–Trinajstić information content (AvgIpc) is 3.63. The first-order valence-electron chi connectivity index (χ1n) is 10.9. The molecule has 1 amide bonds. The molecule has 1 unspecified atom stereocenters. The second kappa shape index (κ2) is 8.01. The van der Waals surface area contributed by atoms with Crippen LogP contribution in [0.15, 0.2) is 71.4 Å². The number of aromatic nitrogens is 6. The number of nitrogens with zero attached hydrogens (tertiary/aromatic N) is 6. The lowest BCUT2D eigenvalue weighted by atomic mass is 10.1. The van der Waals surface area contributed by atoms with Crippen molar-refractivity contribution in [3.8, 4) is 23.0 Å². The van der Waals surface area contributed by atoms with E-state index < -0.39 is 0 Å². The van der Waals surface area contributed by atoms with Crippen LogP contribution in [0.5, 0.6) is 0 Å². The topological polar surface area (TPSA) is 106 Å². The standard InChI is InChI=1S/C24H21N7O2/c32-24(20-13-17-9-4-5-11-19(17)25-20)30-12-6-10-18(14-30)31-15-21(27-29-31)23-26-22(28-33-23)16-7-2-1-3-8-16/h1-5,7-9,11,13,15,18,25H,6,10,12,14H2. The number of hydrogen-bond donors (Lipinski definition) is 1. The van der Waals surface area contributed by atoms with Crippen LogP contribution in [0.25, 0.3) is 33.9 Å². The molecule has 1 N–H and O–H groups in total. The summed E-state index contributed by atoms with van der Waals surface area (Å²) in [6, 6.07) is 19.5. The second-order valence-electron chi connectivity index (χ2n) is 8.19. The van der Waals surface area contributed by atoms with Crippen molar-refractivity contribution in [3.63, 3.8) is 0 Å². The van der Waals surface area contributed by atoms with Gasteiger partial charge in [0, 0.05) is 29.6 Å². The highest BCUT2D eigenvalue weighted by molar-refractivity contribution is 5.98. The molecule has 1 saturated heterocycles. The van der Waals surface area contributed by atoms with Gasteiger partial charge in [0.2, 0.25) is 5.82 Å². The maximum Gasteiger partial charge on any atom is 0.280 e. The fourth-order valence-corrected chi connectivity index (χ4v) is 4.30. The van der Waals surface area contributed by atoms with Crippen LogP contribution in [0.4, 0.5) is 0 Å². The Bertz CT molecular complexity index is 1390. The van der Waals surface area contributed by atoms with Gasteiger partial charge < -0.3 is 14.4 Å². The van der Waals surface area contributed by atoms with E-state index >= 15 is 0 Å². The first kappa shape index (κ1) is 19.4. The van der Waals surface area contributed by atoms with Gasteiger partial charge in [0.05, 0.1) is 12.2 Å². The maximum atomic E-state index is 13.1. The Kier molecular flexibility index (Phi) is 4.71. The number of piperidine rings is 1. The summed E-state index contributed by atoms with van der Waals surface area (Å²) in [6.07, 6.45) is 3.62. The third-order valence-corrected chi connectivity index (χ3v) is 6.01. The number of aromatic amines is 1. The molecule has 4 heterocycles. The predicted molar refractivity (Wildman–Crippen MR) is 121 cm³/mol. The molecular formula is C24H21N7O2. The zero-order valence-corrected chi connectivity index (χ0v) is 17.8. The quantitative estimate of drug-likeness (QED) is 0.454. The van der Waals surface area contributed by atoms with Crippen LogP contribution in [-0.2, 0) is 0 Å². The fourth-order valence-electron chi connectivity index (χ4n) is 4.30. The first-order chi connectivity index (χ1) is 16.2. The Morgan fingerprint density at radius 1 is 1.09 bits per heavy atom. The summed E-state index contributed by atoms with van der Waals surface area (Å²) in [5.74, 6) is 0.829. The van der Waals surface area contributed by atoms with Crippen molar-refractivity contribution in [1.29, 1.82) is 0 Å². The van der Waals surface area contributed by atoms with Gasteiger partial charge in [0.15, 0.2) is 5.69 Å². The summed E-state index contributed by atoms with van der Waals surface area (Å²) in [4.78, 5) is 22.7. The number of rotatable bonds is 4. The fraction of sp³-hybridized carbons (Fsp3) is 0.208. The number of fused-ring (bicyclic) bond motifs is 1. The molecule has 9 heteroatoms. The first-order valence-corrected chi connectivity index (χ1v) is 10.9. The van der Waals surface area contributed by atoms with Crippen molar-refractivity contribution >= 4 is 16.8 Å². The maximum absolute atomic E-state index is 13.1. The molecule has 0 radical (unpaired) electrons. The van der Waals surface area contributed by atoms with E-state index in [9.17, 15) is 4.79 Å². The van der Waals surface area contributed by atoms with E-state index in [4.69, 9.17) is 4.52 Å². The van der Waals surface area contributed by atoms with Crippen molar-refractivity contribution in [1.82, 2.24) is 35.0 Å². The summed E-state index contributed by atoms with van der Waals surface area (Å²) >= 11 is 0. The molecule has 1 aliphatic rings. The van der Waals surface area contributed by atoms with Crippen LogP contribution in [-0.4, -0.2) is 54.0 Å². The summed E-state index contributed by atoms with van der Waals surface area (Å²) in [5.41, 5.74) is 2.96. The molecule has 3 aromatic heterocycles. The van der Waals surface area contributed by atoms with Gasteiger partial charge in [0.1, 0.15) is 5.69 Å². The van der Waals surface area contributed by atoms with Crippen LogP contribution in [0, 0.1) is 0 Å². The second-order valence-corrected chi connectivity index (χ2v) is 8.19. The lowest BCUT2D eigenvalue weighted by Gasteiger charge is -2.32. The number of hydrogen-bond acceptors (Lipinski definition) is 6. The van der Waals surface area contributed by atoms with E-state index in [1.54, 1.807) is 4.68 Å². The van der Waals surface area contributed by atoms with Gasteiger partial charge in [-0.15, -0.1) is 5.10 Å². The average molecular weight is 439 g/mol. The molecule has 0 bridgehead atoms. The number of para-hydroxylation sites is 1. The SMILES string of the molecule is O=C(c1cc2ccccc2[nH]1)N1CCCC(n2cc(-c3nc(-c4ccccc4)no3)nn2)C1. The number of nitrogens with one attached hydrogen (secondary N) is 1. The Morgan fingerprint density at radius 3 is 2.82 bits per heavy atom. The highest BCUT2D eigenvalue weighted by Gasteiger charge is 2.28. The van der Waals surface area contributed by atoms with Crippen molar-refractivity contribution in [2.75, 3.05) is 13.1 Å². The van der Waals surface area contributed by atoms with E-state index in [2.05, 4.69) is 25.4 Å². The van der Waals surface area contributed by atoms with Gasteiger partial charge in [-0.25, -0.2) is 4.68 Å². The molecule has 2 aromatic carbocycles. The molecule has 5 aromatic rings. The highest BCUT2D eigenvalue weighted by Crippen LogP contribution is 2.26. The van der Waals surface area contributed by atoms with Crippen LogP contribution in [0.3, 0.4) is 0 Å². The van der Waals surface area contributed by atoms with Crippen molar-refractivity contribution in [3.05, 3.63) is 72.6 Å². The van der Waals surface area contributed by atoms with Crippen molar-refractivity contribution in [2.45, 2.75) is 18.9 Å². The van der Waals surface area contributed by atoms with Crippen molar-refractivity contribution in [2.24, 2.45) is 0 Å². The smallest absolute Gasteiger partial charge is 0.280 e. The van der Waals surface area contributed by atoms with Crippen LogP contribution in [0.1, 0.15) is 29.4 Å². The minimum atomic E-state index is 0.000595. The summed E-state index contributed by atoms with van der Waals surface area (Å²) in [6.45, 7) is 1.28. The molecule has 1 fully saturated rings. The Labute approximate surface area is 189 Å². The van der Waals surface area contributed by atoms with Crippen LogP contribution >= 0.6 is 0 Å². The summed E-state index contributed by atoms with van der Waals surface area (Å²) in [5, 5.41) is 13.6. The Hall–Kier alpha value is -4.27. The summed E-state index contributed by atoms with van der Waals surface area (Å²) in [7, 11) is 0. The minimum absolute atomic E-state index is 0.000595. The van der Waals surface area contributed by atoms with Gasteiger partial charge in [0.25, 0.3) is 11.8 Å². The molecule has 164 valence electrons. The lowest BCUT2D eigenvalue weighted by molar-refractivity contribution is 0.0667. The number of carbonyl (C=O) groups is 1. The number of carbonyl (C=O) groups excluding carboxylic acids is 1. The molecule has 0 saturated carbocycles. The van der Waals surface area contributed by atoms with E-state index in [1.807, 2.05) is 71.8 Å². The highest BCUT2D eigenvalue weighted by atomic mass is 16.5. The van der Waals surface area contributed by atoms with Gasteiger partial charge in [-0.05, 0) is 25.0 Å². The van der Waals surface area contributed by atoms with E-state index in [0.29, 0.717) is 29.6 Å². The molecule has 1 atom stereocenters. The Balaban J connectivity index is 1.19.